The van der Waals surface area contributed by atoms with Gasteiger partial charge in [-0.05, 0) is 40.0 Å². The van der Waals surface area contributed by atoms with Crippen LogP contribution in [0.3, 0.4) is 0 Å². The lowest BCUT2D eigenvalue weighted by molar-refractivity contribution is -0.123. The van der Waals surface area contributed by atoms with Crippen LogP contribution in [-0.2, 0) is 25.7 Å². The van der Waals surface area contributed by atoms with Crippen LogP contribution in [0.25, 0.3) is 6.08 Å². The Morgan fingerprint density at radius 2 is 1.57 bits per heavy atom. The van der Waals surface area contributed by atoms with E-state index in [2.05, 4.69) is 0 Å². The molecular formula is C20H27NO5S2. The van der Waals surface area contributed by atoms with Crippen LogP contribution < -0.4 is 0 Å². The highest BCUT2D eigenvalue weighted by Gasteiger charge is 2.28. The van der Waals surface area contributed by atoms with Gasteiger partial charge in [0.1, 0.15) is 5.75 Å². The standard InChI is InChI=1S/C20H27NO5S2/c1-19(2,3)14-9-13(10-15(17(14)22)20(4,5)6)11-16-18(23)21(7-8-27-16)12-28(24,25)26/h7-11,22H,12H2,1-6H3,(H,24,25,26)/b16-11-. The first-order valence-corrected chi connectivity index (χ1v) is 11.3. The number of aromatic hydroxyl groups is 1. The molecule has 0 aliphatic carbocycles. The van der Waals surface area contributed by atoms with Gasteiger partial charge in [-0.2, -0.15) is 8.42 Å². The van der Waals surface area contributed by atoms with Crippen molar-refractivity contribution in [2.45, 2.75) is 52.4 Å². The first-order valence-electron chi connectivity index (χ1n) is 8.79. The highest BCUT2D eigenvalue weighted by molar-refractivity contribution is 8.06. The fourth-order valence-corrected chi connectivity index (χ4v) is 4.18. The molecular weight excluding hydrogens is 398 g/mol. The normalized spacial score (nSPS) is 17.5. The van der Waals surface area contributed by atoms with E-state index in [1.165, 1.54) is 18.0 Å². The zero-order valence-corrected chi connectivity index (χ0v) is 18.6. The maximum absolute atomic E-state index is 12.6. The molecule has 0 bridgehead atoms. The number of phenolic OH excluding ortho intramolecular Hbond substituents is 1. The van der Waals surface area contributed by atoms with Crippen molar-refractivity contribution in [2.24, 2.45) is 0 Å². The van der Waals surface area contributed by atoms with Crippen LogP contribution in [0.1, 0.15) is 58.2 Å². The van der Waals surface area contributed by atoms with Crippen molar-refractivity contribution in [1.82, 2.24) is 4.90 Å². The van der Waals surface area contributed by atoms with Crippen LogP contribution in [0, 0.1) is 0 Å². The Morgan fingerprint density at radius 3 is 2.00 bits per heavy atom. The molecule has 1 aliphatic rings. The van der Waals surface area contributed by atoms with Crippen molar-refractivity contribution in [3.63, 3.8) is 0 Å². The lowest BCUT2D eigenvalue weighted by atomic mass is 9.78. The maximum Gasteiger partial charge on any atom is 0.283 e. The van der Waals surface area contributed by atoms with Gasteiger partial charge in [-0.1, -0.05) is 53.3 Å². The SMILES string of the molecule is CC(C)(C)c1cc(/C=C2\SC=CN(CS(=O)(=O)O)C2=O)cc(C(C)(C)C)c1O. The van der Waals surface area contributed by atoms with Gasteiger partial charge in [0.25, 0.3) is 16.0 Å². The minimum Gasteiger partial charge on any atom is -0.507 e. The van der Waals surface area contributed by atoms with Gasteiger partial charge in [-0.25, -0.2) is 0 Å². The summed E-state index contributed by atoms with van der Waals surface area (Å²) in [6.07, 6.45) is 3.01. The maximum atomic E-state index is 12.6. The summed E-state index contributed by atoms with van der Waals surface area (Å²) in [5.41, 5.74) is 1.67. The van der Waals surface area contributed by atoms with Crippen molar-refractivity contribution in [1.29, 1.82) is 0 Å². The molecule has 1 aliphatic heterocycles. The number of carbonyl (C=O) groups is 1. The molecule has 0 saturated heterocycles. The average Bonchev–Trinajstić information content (AvgIpc) is 2.49. The molecule has 6 nitrogen and oxygen atoms in total. The first kappa shape index (κ1) is 22.5. The molecule has 28 heavy (non-hydrogen) atoms. The number of thioether (sulfide) groups is 1. The van der Waals surface area contributed by atoms with E-state index in [9.17, 15) is 18.3 Å². The van der Waals surface area contributed by atoms with E-state index < -0.39 is 21.9 Å². The average molecular weight is 426 g/mol. The van der Waals surface area contributed by atoms with Gasteiger partial charge < -0.3 is 5.11 Å². The Morgan fingerprint density at radius 1 is 1.07 bits per heavy atom. The molecule has 1 aromatic carbocycles. The zero-order chi connectivity index (χ0) is 21.5. The third kappa shape index (κ3) is 5.40. The van der Waals surface area contributed by atoms with E-state index in [-0.39, 0.29) is 16.6 Å². The number of amides is 1. The summed E-state index contributed by atoms with van der Waals surface area (Å²) >= 11 is 1.18. The largest absolute Gasteiger partial charge is 0.507 e. The lowest BCUT2D eigenvalue weighted by Gasteiger charge is -2.28. The number of benzene rings is 1. The molecule has 1 amide bonds. The molecule has 0 saturated carbocycles. The topological polar surface area (TPSA) is 94.9 Å². The van der Waals surface area contributed by atoms with Gasteiger partial charge in [0.2, 0.25) is 0 Å². The minimum atomic E-state index is -4.33. The summed E-state index contributed by atoms with van der Waals surface area (Å²) in [7, 11) is -4.33. The number of nitrogens with zero attached hydrogens (tertiary/aromatic N) is 1. The molecule has 1 heterocycles. The molecule has 0 spiro atoms. The number of rotatable bonds is 3. The second-order valence-electron chi connectivity index (χ2n) is 8.86. The Hall–Kier alpha value is -1.77. The molecule has 0 atom stereocenters. The monoisotopic (exact) mass is 425 g/mol. The highest BCUT2D eigenvalue weighted by atomic mass is 32.2. The van der Waals surface area contributed by atoms with Crippen molar-refractivity contribution in [2.75, 3.05) is 5.88 Å². The Bertz CT molecular complexity index is 913. The molecule has 1 aromatic rings. The highest BCUT2D eigenvalue weighted by Crippen LogP contribution is 2.40. The predicted molar refractivity (Wildman–Crippen MR) is 113 cm³/mol. The quantitative estimate of drug-likeness (QED) is 0.556. The van der Waals surface area contributed by atoms with Crippen LogP contribution in [0.2, 0.25) is 0 Å². The molecule has 154 valence electrons. The fraction of sp³-hybridized carbons (Fsp3) is 0.450. The van der Waals surface area contributed by atoms with E-state index in [1.54, 1.807) is 11.5 Å². The second-order valence-corrected chi connectivity index (χ2v) is 11.2. The summed E-state index contributed by atoms with van der Waals surface area (Å²) in [4.78, 5) is 13.9. The Labute approximate surface area is 171 Å². The number of hydrogen-bond donors (Lipinski definition) is 2. The molecule has 2 N–H and O–H groups in total. The molecule has 8 heteroatoms. The Kier molecular flexibility index (Phi) is 6.09. The summed E-state index contributed by atoms with van der Waals surface area (Å²) in [6, 6.07) is 3.69. The molecule has 0 unspecified atom stereocenters. The van der Waals surface area contributed by atoms with Crippen LogP contribution in [-0.4, -0.2) is 34.8 Å². The molecule has 2 rings (SSSR count). The molecule has 0 radical (unpaired) electrons. The van der Waals surface area contributed by atoms with Gasteiger partial charge >= 0.3 is 0 Å². The van der Waals surface area contributed by atoms with E-state index in [1.807, 2.05) is 53.7 Å². The number of phenols is 1. The van der Waals surface area contributed by atoms with E-state index in [0.717, 1.165) is 21.6 Å². The van der Waals surface area contributed by atoms with Crippen molar-refractivity contribution >= 4 is 33.9 Å². The van der Waals surface area contributed by atoms with Gasteiger partial charge in [0.15, 0.2) is 5.88 Å². The fourth-order valence-electron chi connectivity index (χ4n) is 2.84. The van der Waals surface area contributed by atoms with Crippen LogP contribution in [0.15, 0.2) is 28.6 Å². The first-order chi connectivity index (χ1) is 12.6. The van der Waals surface area contributed by atoms with Gasteiger partial charge in [-0.3, -0.25) is 14.2 Å². The van der Waals surface area contributed by atoms with Gasteiger partial charge in [0, 0.05) is 17.3 Å². The van der Waals surface area contributed by atoms with Gasteiger partial charge in [0.05, 0.1) is 4.91 Å². The van der Waals surface area contributed by atoms with E-state index in [4.69, 9.17) is 4.55 Å². The summed E-state index contributed by atoms with van der Waals surface area (Å²) in [6.45, 7) is 12.0. The zero-order valence-electron chi connectivity index (χ0n) is 17.0. The van der Waals surface area contributed by atoms with Crippen molar-refractivity contribution < 1.29 is 22.9 Å². The summed E-state index contributed by atoms with van der Waals surface area (Å²) < 4.78 is 31.3. The molecule has 0 fully saturated rings. The second kappa shape index (κ2) is 7.57. The van der Waals surface area contributed by atoms with Crippen LogP contribution in [0.4, 0.5) is 0 Å². The smallest absolute Gasteiger partial charge is 0.283 e. The third-order valence-corrected chi connectivity index (χ3v) is 5.66. The minimum absolute atomic E-state index is 0.248. The van der Waals surface area contributed by atoms with Crippen molar-refractivity contribution in [3.8, 4) is 5.75 Å². The Balaban J connectivity index is 2.56. The molecule has 0 aromatic heterocycles. The predicted octanol–water partition coefficient (Wildman–Crippen LogP) is 4.22. The number of hydrogen-bond acceptors (Lipinski definition) is 5. The van der Waals surface area contributed by atoms with Crippen LogP contribution >= 0.6 is 11.8 Å². The van der Waals surface area contributed by atoms with Gasteiger partial charge in [-0.15, -0.1) is 0 Å². The van der Waals surface area contributed by atoms with Crippen LogP contribution in [0.5, 0.6) is 5.75 Å². The summed E-state index contributed by atoms with van der Waals surface area (Å²) in [5, 5.41) is 12.4. The van der Waals surface area contributed by atoms with E-state index in [0.29, 0.717) is 4.91 Å². The third-order valence-electron chi connectivity index (χ3n) is 4.26. The van der Waals surface area contributed by atoms with E-state index >= 15 is 0 Å². The summed E-state index contributed by atoms with van der Waals surface area (Å²) in [5.74, 6) is -1.05. The van der Waals surface area contributed by atoms with Crippen molar-refractivity contribution in [3.05, 3.63) is 45.3 Å². The number of carbonyl (C=O) groups excluding carboxylic acids is 1. The lowest BCUT2D eigenvalue weighted by Crippen LogP contribution is -2.32.